The lowest BCUT2D eigenvalue weighted by atomic mass is 10.1. The number of benzene rings is 2. The van der Waals surface area contributed by atoms with E-state index >= 15 is 0 Å². The van der Waals surface area contributed by atoms with Gasteiger partial charge in [-0.25, -0.2) is 4.98 Å². The van der Waals surface area contributed by atoms with E-state index in [1.807, 2.05) is 79.7 Å². The van der Waals surface area contributed by atoms with Gasteiger partial charge >= 0.3 is 0 Å². The Balaban J connectivity index is 2.06. The predicted octanol–water partition coefficient (Wildman–Crippen LogP) is 4.37. The lowest BCUT2D eigenvalue weighted by Gasteiger charge is -2.22. The van der Waals surface area contributed by atoms with Crippen LogP contribution in [0.4, 0.5) is 11.5 Å². The summed E-state index contributed by atoms with van der Waals surface area (Å²) in [6, 6.07) is 22.7. The first-order chi connectivity index (χ1) is 10.8. The van der Waals surface area contributed by atoms with Crippen LogP contribution in [0.2, 0.25) is 0 Å². The molecule has 0 atom stereocenters. The standard InChI is InChI=1S/C19H16N2O/c1-15-10-12-16(13-11-15)19(22)21(17-7-3-2-4-8-17)18-9-5-6-14-20-18/h2-14H,1H3. The molecule has 0 fully saturated rings. The van der Waals surface area contributed by atoms with Crippen molar-refractivity contribution in [2.24, 2.45) is 0 Å². The summed E-state index contributed by atoms with van der Waals surface area (Å²) < 4.78 is 0. The highest BCUT2D eigenvalue weighted by Crippen LogP contribution is 2.25. The fourth-order valence-electron chi connectivity index (χ4n) is 2.24. The molecule has 1 heterocycles. The monoisotopic (exact) mass is 288 g/mol. The molecule has 0 bridgehead atoms. The minimum Gasteiger partial charge on any atom is -0.268 e. The van der Waals surface area contributed by atoms with Gasteiger partial charge in [0.15, 0.2) is 0 Å². The van der Waals surface area contributed by atoms with Crippen LogP contribution in [0.1, 0.15) is 15.9 Å². The Bertz CT molecular complexity index is 713. The van der Waals surface area contributed by atoms with Crippen molar-refractivity contribution in [3.63, 3.8) is 0 Å². The number of carbonyl (C=O) groups excluding carboxylic acids is 1. The number of pyridine rings is 1. The number of nitrogens with zero attached hydrogens (tertiary/aromatic N) is 2. The van der Waals surface area contributed by atoms with Crippen LogP contribution in [0.5, 0.6) is 0 Å². The van der Waals surface area contributed by atoms with Gasteiger partial charge in [0.1, 0.15) is 5.82 Å². The summed E-state index contributed by atoms with van der Waals surface area (Å²) in [4.78, 5) is 18.9. The Kier molecular flexibility index (Phi) is 3.97. The number of anilines is 2. The number of rotatable bonds is 3. The highest BCUT2D eigenvalue weighted by molar-refractivity contribution is 6.10. The fraction of sp³-hybridized carbons (Fsp3) is 0.0526. The Morgan fingerprint density at radius 2 is 1.55 bits per heavy atom. The second-order valence-corrected chi connectivity index (χ2v) is 5.03. The van der Waals surface area contributed by atoms with E-state index in [9.17, 15) is 4.79 Å². The third-order valence-corrected chi connectivity index (χ3v) is 3.39. The lowest BCUT2D eigenvalue weighted by molar-refractivity contribution is 0.0998. The molecular formula is C19H16N2O. The molecule has 2 aromatic carbocycles. The summed E-state index contributed by atoms with van der Waals surface area (Å²) in [5.41, 5.74) is 2.56. The molecule has 0 aliphatic rings. The molecule has 3 aromatic rings. The zero-order chi connectivity index (χ0) is 15.4. The summed E-state index contributed by atoms with van der Waals surface area (Å²) >= 11 is 0. The largest absolute Gasteiger partial charge is 0.268 e. The maximum absolute atomic E-state index is 12.9. The SMILES string of the molecule is Cc1ccc(C(=O)N(c2ccccc2)c2ccccn2)cc1. The maximum atomic E-state index is 12.9. The Morgan fingerprint density at radius 1 is 0.864 bits per heavy atom. The van der Waals surface area contributed by atoms with Crippen LogP contribution in [0.3, 0.4) is 0 Å². The van der Waals surface area contributed by atoms with Gasteiger partial charge in [-0.05, 0) is 43.3 Å². The molecule has 0 saturated carbocycles. The van der Waals surface area contributed by atoms with Crippen molar-refractivity contribution in [2.45, 2.75) is 6.92 Å². The zero-order valence-corrected chi connectivity index (χ0v) is 12.3. The van der Waals surface area contributed by atoms with Crippen LogP contribution in [-0.4, -0.2) is 10.9 Å². The maximum Gasteiger partial charge on any atom is 0.264 e. The van der Waals surface area contributed by atoms with E-state index in [0.29, 0.717) is 11.4 Å². The lowest BCUT2D eigenvalue weighted by Crippen LogP contribution is -2.26. The van der Waals surface area contributed by atoms with Crippen LogP contribution in [0.15, 0.2) is 79.0 Å². The van der Waals surface area contributed by atoms with E-state index in [1.54, 1.807) is 11.1 Å². The molecule has 0 aliphatic heterocycles. The number of aryl methyl sites for hydroxylation is 1. The third kappa shape index (κ3) is 2.88. The molecule has 0 N–H and O–H groups in total. The molecule has 0 radical (unpaired) electrons. The topological polar surface area (TPSA) is 33.2 Å². The quantitative estimate of drug-likeness (QED) is 0.717. The van der Waals surface area contributed by atoms with Crippen molar-refractivity contribution in [1.29, 1.82) is 0 Å². The van der Waals surface area contributed by atoms with Gasteiger partial charge in [-0.15, -0.1) is 0 Å². The third-order valence-electron chi connectivity index (χ3n) is 3.39. The Labute approximate surface area is 129 Å². The number of hydrogen-bond acceptors (Lipinski definition) is 2. The molecule has 0 spiro atoms. The van der Waals surface area contributed by atoms with Crippen molar-refractivity contribution < 1.29 is 4.79 Å². The van der Waals surface area contributed by atoms with Crippen molar-refractivity contribution >= 4 is 17.4 Å². The highest BCUT2D eigenvalue weighted by Gasteiger charge is 2.20. The number of amides is 1. The molecule has 0 saturated heterocycles. The predicted molar refractivity (Wildman–Crippen MR) is 88.3 cm³/mol. The van der Waals surface area contributed by atoms with E-state index < -0.39 is 0 Å². The summed E-state index contributed by atoms with van der Waals surface area (Å²) in [6.45, 7) is 2.00. The van der Waals surface area contributed by atoms with Crippen molar-refractivity contribution in [2.75, 3.05) is 4.90 Å². The second kappa shape index (κ2) is 6.22. The summed E-state index contributed by atoms with van der Waals surface area (Å²) in [7, 11) is 0. The average Bonchev–Trinajstić information content (AvgIpc) is 2.57. The summed E-state index contributed by atoms with van der Waals surface area (Å²) in [5, 5.41) is 0. The van der Waals surface area contributed by atoms with Crippen LogP contribution < -0.4 is 4.90 Å². The summed E-state index contributed by atoms with van der Waals surface area (Å²) in [6.07, 6.45) is 1.69. The molecule has 0 unspecified atom stereocenters. The molecule has 3 heteroatoms. The van der Waals surface area contributed by atoms with Crippen LogP contribution in [0, 0.1) is 6.92 Å². The number of hydrogen-bond donors (Lipinski definition) is 0. The molecule has 22 heavy (non-hydrogen) atoms. The molecule has 108 valence electrons. The van der Waals surface area contributed by atoms with Crippen LogP contribution in [0.25, 0.3) is 0 Å². The summed E-state index contributed by atoms with van der Waals surface area (Å²) in [5.74, 6) is 0.518. The normalized spacial score (nSPS) is 10.2. The van der Waals surface area contributed by atoms with Crippen LogP contribution >= 0.6 is 0 Å². The van der Waals surface area contributed by atoms with E-state index in [1.165, 1.54) is 0 Å². The molecule has 1 amide bonds. The van der Waals surface area contributed by atoms with Gasteiger partial charge in [-0.1, -0.05) is 42.0 Å². The molecule has 3 nitrogen and oxygen atoms in total. The van der Waals surface area contributed by atoms with Gasteiger partial charge < -0.3 is 0 Å². The average molecular weight is 288 g/mol. The molecule has 3 rings (SSSR count). The number of para-hydroxylation sites is 1. The van der Waals surface area contributed by atoms with E-state index in [2.05, 4.69) is 4.98 Å². The first kappa shape index (κ1) is 14.0. The van der Waals surface area contributed by atoms with E-state index in [-0.39, 0.29) is 5.91 Å². The van der Waals surface area contributed by atoms with E-state index in [4.69, 9.17) is 0 Å². The van der Waals surface area contributed by atoms with E-state index in [0.717, 1.165) is 11.3 Å². The van der Waals surface area contributed by atoms with Crippen molar-refractivity contribution in [1.82, 2.24) is 4.98 Å². The van der Waals surface area contributed by atoms with Gasteiger partial charge in [-0.2, -0.15) is 0 Å². The smallest absolute Gasteiger partial charge is 0.264 e. The van der Waals surface area contributed by atoms with Gasteiger partial charge in [0, 0.05) is 11.8 Å². The molecule has 0 aliphatic carbocycles. The second-order valence-electron chi connectivity index (χ2n) is 5.03. The van der Waals surface area contributed by atoms with Crippen molar-refractivity contribution in [3.8, 4) is 0 Å². The highest BCUT2D eigenvalue weighted by atomic mass is 16.2. The number of aromatic nitrogens is 1. The minimum absolute atomic E-state index is 0.0927. The van der Waals surface area contributed by atoms with Crippen LogP contribution in [-0.2, 0) is 0 Å². The number of carbonyl (C=O) groups is 1. The van der Waals surface area contributed by atoms with Gasteiger partial charge in [0.05, 0.1) is 5.69 Å². The van der Waals surface area contributed by atoms with Gasteiger partial charge in [0.2, 0.25) is 0 Å². The van der Waals surface area contributed by atoms with Crippen molar-refractivity contribution in [3.05, 3.63) is 90.1 Å². The first-order valence-electron chi connectivity index (χ1n) is 7.13. The Hall–Kier alpha value is -2.94. The molecule has 1 aromatic heterocycles. The Morgan fingerprint density at radius 3 is 2.18 bits per heavy atom. The fourth-order valence-corrected chi connectivity index (χ4v) is 2.24. The first-order valence-corrected chi connectivity index (χ1v) is 7.13. The van der Waals surface area contributed by atoms with Gasteiger partial charge in [-0.3, -0.25) is 9.69 Å². The zero-order valence-electron chi connectivity index (χ0n) is 12.3. The minimum atomic E-state index is -0.0927. The molecular weight excluding hydrogens is 272 g/mol. The van der Waals surface area contributed by atoms with Gasteiger partial charge in [0.25, 0.3) is 5.91 Å².